The topological polar surface area (TPSA) is 108 Å². The lowest BCUT2D eigenvalue weighted by Gasteiger charge is -2.35. The van der Waals surface area contributed by atoms with E-state index in [4.69, 9.17) is 17.3 Å². The molecule has 4 N–H and O–H groups in total. The Bertz CT molecular complexity index is 914. The number of hydrogen-bond donors (Lipinski definition) is 3. The number of likely N-dealkylation sites (tertiary alicyclic amines) is 1. The zero-order valence-electron chi connectivity index (χ0n) is 18.3. The van der Waals surface area contributed by atoms with E-state index in [1.807, 2.05) is 35.8 Å². The SMILES string of the molecule is CC(C)N(Cc1ccc(Cl)cc1)c1ncnc(NC[C@H]2CCN(CC(N)=O)C[C@@H]2O)c1F. The van der Waals surface area contributed by atoms with Crippen molar-refractivity contribution in [2.75, 3.05) is 36.4 Å². The number of hydrogen-bond acceptors (Lipinski definition) is 7. The number of nitrogens with zero attached hydrogens (tertiary/aromatic N) is 4. The molecule has 1 aromatic heterocycles. The number of nitrogens with two attached hydrogens (primary N) is 1. The molecule has 0 spiro atoms. The summed E-state index contributed by atoms with van der Waals surface area (Å²) in [5, 5.41) is 14.1. The van der Waals surface area contributed by atoms with Gasteiger partial charge in [-0.25, -0.2) is 9.97 Å². The van der Waals surface area contributed by atoms with Gasteiger partial charge in [0.1, 0.15) is 6.33 Å². The smallest absolute Gasteiger partial charge is 0.231 e. The lowest BCUT2D eigenvalue weighted by Crippen LogP contribution is -2.48. The van der Waals surface area contributed by atoms with Crippen LogP contribution in [0.15, 0.2) is 30.6 Å². The highest BCUT2D eigenvalue weighted by Crippen LogP contribution is 2.26. The Morgan fingerprint density at radius 1 is 1.38 bits per heavy atom. The summed E-state index contributed by atoms with van der Waals surface area (Å²) in [6, 6.07) is 7.42. The number of rotatable bonds is 9. The van der Waals surface area contributed by atoms with Crippen LogP contribution in [0.25, 0.3) is 0 Å². The van der Waals surface area contributed by atoms with Gasteiger partial charge in [-0.3, -0.25) is 9.69 Å². The number of benzene rings is 1. The second-order valence-electron chi connectivity index (χ2n) is 8.41. The number of carbonyl (C=O) groups is 1. The van der Waals surface area contributed by atoms with Crippen molar-refractivity contribution in [1.82, 2.24) is 14.9 Å². The van der Waals surface area contributed by atoms with Crippen molar-refractivity contribution in [3.05, 3.63) is 47.0 Å². The van der Waals surface area contributed by atoms with E-state index in [1.54, 1.807) is 12.1 Å². The third-order valence-corrected chi connectivity index (χ3v) is 5.90. The molecule has 10 heteroatoms. The molecule has 1 aliphatic rings. The molecular formula is C22H30ClFN6O2. The number of aliphatic hydroxyl groups is 1. The number of primary amides is 1. The quantitative estimate of drug-likeness (QED) is 0.522. The molecule has 0 radical (unpaired) electrons. The minimum Gasteiger partial charge on any atom is -0.391 e. The Labute approximate surface area is 192 Å². The van der Waals surface area contributed by atoms with Crippen molar-refractivity contribution in [2.45, 2.75) is 39.0 Å². The fourth-order valence-corrected chi connectivity index (χ4v) is 3.97. The predicted molar refractivity (Wildman–Crippen MR) is 123 cm³/mol. The Balaban J connectivity index is 1.67. The summed E-state index contributed by atoms with van der Waals surface area (Å²) in [5.74, 6) is -0.728. The van der Waals surface area contributed by atoms with E-state index in [2.05, 4.69) is 15.3 Å². The van der Waals surface area contributed by atoms with E-state index in [0.717, 1.165) is 5.56 Å². The van der Waals surface area contributed by atoms with E-state index in [0.29, 0.717) is 37.6 Å². The van der Waals surface area contributed by atoms with Crippen molar-refractivity contribution in [1.29, 1.82) is 0 Å². The minimum absolute atomic E-state index is 0.000617. The van der Waals surface area contributed by atoms with Crippen molar-refractivity contribution in [3.63, 3.8) is 0 Å². The van der Waals surface area contributed by atoms with Crippen LogP contribution in [-0.2, 0) is 11.3 Å². The van der Waals surface area contributed by atoms with Crippen molar-refractivity contribution < 1.29 is 14.3 Å². The van der Waals surface area contributed by atoms with E-state index in [9.17, 15) is 9.90 Å². The molecule has 0 aliphatic carbocycles. The van der Waals surface area contributed by atoms with Gasteiger partial charge in [0.05, 0.1) is 12.6 Å². The van der Waals surface area contributed by atoms with E-state index in [-0.39, 0.29) is 30.1 Å². The van der Waals surface area contributed by atoms with Crippen LogP contribution in [0, 0.1) is 11.7 Å². The number of aliphatic hydroxyl groups excluding tert-OH is 1. The number of aromatic nitrogens is 2. The fraction of sp³-hybridized carbons (Fsp3) is 0.500. The third kappa shape index (κ3) is 6.27. The zero-order chi connectivity index (χ0) is 23.3. The Hall–Kier alpha value is -2.49. The molecule has 32 heavy (non-hydrogen) atoms. The Kier molecular flexibility index (Phi) is 8.22. The number of nitrogens with one attached hydrogen (secondary N) is 1. The normalized spacial score (nSPS) is 19.2. The molecule has 2 heterocycles. The van der Waals surface area contributed by atoms with Gasteiger partial charge in [0, 0.05) is 36.6 Å². The van der Waals surface area contributed by atoms with Crippen LogP contribution in [0.5, 0.6) is 0 Å². The summed E-state index contributed by atoms with van der Waals surface area (Å²) in [6.07, 6.45) is 1.36. The fourth-order valence-electron chi connectivity index (χ4n) is 3.85. The van der Waals surface area contributed by atoms with Crippen LogP contribution in [0.4, 0.5) is 16.0 Å². The molecule has 1 aliphatic heterocycles. The van der Waals surface area contributed by atoms with Gasteiger partial charge in [0.2, 0.25) is 11.7 Å². The monoisotopic (exact) mass is 464 g/mol. The first kappa shape index (κ1) is 24.2. The predicted octanol–water partition coefficient (Wildman–Crippen LogP) is 2.26. The maximum Gasteiger partial charge on any atom is 0.231 e. The third-order valence-electron chi connectivity index (χ3n) is 5.65. The first-order valence-corrected chi connectivity index (χ1v) is 11.1. The van der Waals surface area contributed by atoms with Crippen LogP contribution in [0.1, 0.15) is 25.8 Å². The highest BCUT2D eigenvalue weighted by Gasteiger charge is 2.29. The van der Waals surface area contributed by atoms with Crippen molar-refractivity contribution >= 4 is 29.1 Å². The maximum absolute atomic E-state index is 15.3. The minimum atomic E-state index is -0.642. The summed E-state index contributed by atoms with van der Waals surface area (Å²) >= 11 is 5.97. The molecule has 3 rings (SSSR count). The van der Waals surface area contributed by atoms with Crippen LogP contribution in [0.3, 0.4) is 0 Å². The first-order valence-electron chi connectivity index (χ1n) is 10.7. The van der Waals surface area contributed by atoms with Gasteiger partial charge in [0.25, 0.3) is 0 Å². The van der Waals surface area contributed by atoms with Crippen molar-refractivity contribution in [3.8, 4) is 0 Å². The number of carbonyl (C=O) groups excluding carboxylic acids is 1. The summed E-state index contributed by atoms with van der Waals surface area (Å²) in [6.45, 7) is 5.90. The summed E-state index contributed by atoms with van der Waals surface area (Å²) < 4.78 is 15.3. The maximum atomic E-state index is 15.3. The summed E-state index contributed by atoms with van der Waals surface area (Å²) in [4.78, 5) is 23.0. The molecule has 0 saturated carbocycles. The molecule has 1 amide bonds. The lowest BCUT2D eigenvalue weighted by molar-refractivity contribution is -0.120. The average molecular weight is 465 g/mol. The van der Waals surface area contributed by atoms with Crippen molar-refractivity contribution in [2.24, 2.45) is 11.7 Å². The number of anilines is 2. The summed E-state index contributed by atoms with van der Waals surface area (Å²) in [5.41, 5.74) is 6.22. The molecular weight excluding hydrogens is 435 g/mol. The van der Waals surface area contributed by atoms with Gasteiger partial charge in [-0.2, -0.15) is 4.39 Å². The van der Waals surface area contributed by atoms with Gasteiger partial charge >= 0.3 is 0 Å². The number of β-amino-alcohol motifs (C(OH)–C–C–N with tert-alkyl or cyclic N) is 1. The molecule has 2 aromatic rings. The molecule has 8 nitrogen and oxygen atoms in total. The molecule has 0 bridgehead atoms. The van der Waals surface area contributed by atoms with E-state index in [1.165, 1.54) is 6.33 Å². The van der Waals surface area contributed by atoms with Gasteiger partial charge in [0.15, 0.2) is 11.6 Å². The second kappa shape index (κ2) is 10.9. The lowest BCUT2D eigenvalue weighted by atomic mass is 9.93. The number of amides is 1. The molecule has 174 valence electrons. The molecule has 0 unspecified atom stereocenters. The zero-order valence-corrected chi connectivity index (χ0v) is 19.1. The molecule has 2 atom stereocenters. The van der Waals surface area contributed by atoms with E-state index >= 15 is 4.39 Å². The first-order chi connectivity index (χ1) is 15.2. The van der Waals surface area contributed by atoms with Gasteiger partial charge in [-0.15, -0.1) is 0 Å². The van der Waals surface area contributed by atoms with Gasteiger partial charge in [-0.05, 0) is 44.5 Å². The number of halogens is 2. The largest absolute Gasteiger partial charge is 0.391 e. The van der Waals surface area contributed by atoms with Crippen LogP contribution >= 0.6 is 11.6 Å². The molecule has 1 fully saturated rings. The highest BCUT2D eigenvalue weighted by molar-refractivity contribution is 6.30. The number of piperidine rings is 1. The average Bonchev–Trinajstić information content (AvgIpc) is 2.73. The molecule has 1 aromatic carbocycles. The van der Waals surface area contributed by atoms with Crippen LogP contribution < -0.4 is 16.0 Å². The van der Waals surface area contributed by atoms with Crippen LogP contribution in [-0.4, -0.2) is 64.2 Å². The second-order valence-corrected chi connectivity index (χ2v) is 8.84. The van der Waals surface area contributed by atoms with Gasteiger partial charge in [-0.1, -0.05) is 23.7 Å². The molecule has 1 saturated heterocycles. The Morgan fingerprint density at radius 2 is 2.09 bits per heavy atom. The van der Waals surface area contributed by atoms with Gasteiger partial charge < -0.3 is 21.1 Å². The Morgan fingerprint density at radius 3 is 2.72 bits per heavy atom. The summed E-state index contributed by atoms with van der Waals surface area (Å²) in [7, 11) is 0. The van der Waals surface area contributed by atoms with E-state index < -0.39 is 17.8 Å². The highest BCUT2D eigenvalue weighted by atomic mass is 35.5. The standard InChI is InChI=1S/C22H30ClFN6O2/c1-14(2)30(10-15-3-5-17(23)6-4-15)22-20(24)21(27-13-28-22)26-9-16-7-8-29(11-18(16)31)12-19(25)32/h3-6,13-14,16,18,31H,7-12H2,1-2H3,(H2,25,32)(H,26,27,28)/t16-,18+/m1/s1. The van der Waals surface area contributed by atoms with Crippen LogP contribution in [0.2, 0.25) is 5.02 Å².